The van der Waals surface area contributed by atoms with E-state index in [1.54, 1.807) is 35.9 Å². The van der Waals surface area contributed by atoms with Crippen molar-refractivity contribution in [2.45, 2.75) is 19.8 Å². The molecule has 0 aromatic carbocycles. The zero-order chi connectivity index (χ0) is 11.2. The molecule has 2 aliphatic rings. The summed E-state index contributed by atoms with van der Waals surface area (Å²) in [5.74, 6) is 0. The van der Waals surface area contributed by atoms with Crippen LogP contribution in [-0.4, -0.2) is 15.0 Å². The van der Waals surface area contributed by atoms with Crippen molar-refractivity contribution in [3.8, 4) is 0 Å². The third kappa shape index (κ3) is 1.72. The highest BCUT2D eigenvalue weighted by Crippen LogP contribution is 2.60. The molecule has 0 fully saturated rings. The van der Waals surface area contributed by atoms with Crippen LogP contribution >= 0.6 is 47.0 Å². The number of fused-ring (bicyclic) bond motifs is 2. The van der Waals surface area contributed by atoms with Gasteiger partial charge < -0.3 is 4.98 Å². The van der Waals surface area contributed by atoms with E-state index in [0.717, 1.165) is 10.1 Å². The molecule has 4 rings (SSSR count). The first-order valence-corrected chi connectivity index (χ1v) is 8.10. The molecule has 2 aromatic heterocycles. The zero-order valence-corrected chi connectivity index (χ0v) is 11.6. The third-order valence-corrected chi connectivity index (χ3v) is 7.69. The number of aromatic amines is 1. The van der Waals surface area contributed by atoms with Gasteiger partial charge >= 0.3 is 0 Å². The average molecular weight is 295 g/mol. The van der Waals surface area contributed by atoms with Crippen LogP contribution in [0.25, 0.3) is 0 Å². The molecule has 7 heteroatoms. The average Bonchev–Trinajstić information content (AvgIpc) is 3.01. The number of hydrogen-bond acceptors (Lipinski definition) is 6. The molecular formula is C10H5N3S4. The van der Waals surface area contributed by atoms with Crippen molar-refractivity contribution in [2.75, 3.05) is 0 Å². The summed E-state index contributed by atoms with van der Waals surface area (Å²) in [5, 5.41) is 2.05. The van der Waals surface area contributed by atoms with Gasteiger partial charge in [0.05, 0.1) is 8.47 Å². The number of thioether (sulfide) groups is 4. The summed E-state index contributed by atoms with van der Waals surface area (Å²) < 4.78 is 2.65. The van der Waals surface area contributed by atoms with Gasteiger partial charge in [-0.3, -0.25) is 0 Å². The van der Waals surface area contributed by atoms with E-state index in [0.29, 0.717) is 0 Å². The Labute approximate surface area is 115 Å². The summed E-state index contributed by atoms with van der Waals surface area (Å²) in [6.45, 7) is 0. The molecule has 0 unspecified atom stereocenters. The van der Waals surface area contributed by atoms with Gasteiger partial charge in [0.15, 0.2) is 0 Å². The lowest BCUT2D eigenvalue weighted by molar-refractivity contribution is 0.930. The van der Waals surface area contributed by atoms with Gasteiger partial charge in [0.1, 0.15) is 10.1 Å². The summed E-state index contributed by atoms with van der Waals surface area (Å²) in [6, 6.07) is 0. The van der Waals surface area contributed by atoms with Gasteiger partial charge in [0.25, 0.3) is 0 Å². The second-order valence-corrected chi connectivity index (χ2v) is 7.95. The first kappa shape index (κ1) is 10.4. The molecule has 0 radical (unpaired) electrons. The van der Waals surface area contributed by atoms with Crippen molar-refractivity contribution in [2.24, 2.45) is 0 Å². The molecule has 3 nitrogen and oxygen atoms in total. The summed E-state index contributed by atoms with van der Waals surface area (Å²) in [4.78, 5) is 14.4. The number of rotatable bonds is 0. The predicted octanol–water partition coefficient (Wildman–Crippen LogP) is 4.03. The maximum absolute atomic E-state index is 4.34. The van der Waals surface area contributed by atoms with Crippen molar-refractivity contribution in [1.29, 1.82) is 0 Å². The van der Waals surface area contributed by atoms with E-state index >= 15 is 0 Å². The number of aromatic nitrogens is 3. The molecule has 0 saturated carbocycles. The Balaban J connectivity index is 1.69. The van der Waals surface area contributed by atoms with Gasteiger partial charge in [-0.25, -0.2) is 9.97 Å². The maximum atomic E-state index is 4.34. The fourth-order valence-electron chi connectivity index (χ4n) is 1.53. The van der Waals surface area contributed by atoms with Gasteiger partial charge in [0, 0.05) is 34.6 Å². The van der Waals surface area contributed by atoms with Gasteiger partial charge in [0.2, 0.25) is 0 Å². The molecule has 0 bridgehead atoms. The van der Waals surface area contributed by atoms with E-state index in [9.17, 15) is 0 Å². The van der Waals surface area contributed by atoms with Crippen LogP contribution in [0.2, 0.25) is 0 Å². The molecule has 1 N–H and O–H groups in total. The second kappa shape index (κ2) is 4.01. The van der Waals surface area contributed by atoms with Crippen LogP contribution in [0, 0.1) is 0 Å². The lowest BCUT2D eigenvalue weighted by Gasteiger charge is -1.98. The standard InChI is InChI=1S/C10H5N3S4/c1-2-13-8-7(12-1)16-10(17-8)9-14-5-3-11-4-6(5)15-9/h1-4,11H. The number of nitrogens with zero attached hydrogens (tertiary/aromatic N) is 2. The SMILES string of the molecule is c1cnc2c(n1)SC(=C1Sc3c[nH]cc3S1)S2. The largest absolute Gasteiger partial charge is 0.366 e. The van der Waals surface area contributed by atoms with Gasteiger partial charge in [-0.15, -0.1) is 0 Å². The first-order valence-electron chi connectivity index (χ1n) is 4.83. The fourth-order valence-corrected chi connectivity index (χ4v) is 6.54. The third-order valence-electron chi connectivity index (χ3n) is 2.26. The molecular weight excluding hydrogens is 290 g/mol. The summed E-state index contributed by atoms with van der Waals surface area (Å²) in [5.41, 5.74) is 0. The first-order chi connectivity index (χ1) is 8.40. The Hall–Kier alpha value is -0.500. The van der Waals surface area contributed by atoms with Crippen LogP contribution in [0.3, 0.4) is 0 Å². The van der Waals surface area contributed by atoms with Crippen LogP contribution in [0.4, 0.5) is 0 Å². The summed E-state index contributed by atoms with van der Waals surface area (Å²) in [7, 11) is 0. The Morgan fingerprint density at radius 2 is 1.29 bits per heavy atom. The van der Waals surface area contributed by atoms with Crippen LogP contribution in [0.1, 0.15) is 0 Å². The lowest BCUT2D eigenvalue weighted by Crippen LogP contribution is -1.79. The molecule has 2 aromatic rings. The Morgan fingerprint density at radius 3 is 1.88 bits per heavy atom. The van der Waals surface area contributed by atoms with E-state index in [1.807, 2.05) is 23.5 Å². The van der Waals surface area contributed by atoms with Crippen LogP contribution in [-0.2, 0) is 0 Å². The monoisotopic (exact) mass is 295 g/mol. The number of hydrogen-bond donors (Lipinski definition) is 1. The number of H-pyrrole nitrogens is 1. The second-order valence-electron chi connectivity index (χ2n) is 3.33. The topological polar surface area (TPSA) is 41.6 Å². The molecule has 0 aliphatic carbocycles. The van der Waals surface area contributed by atoms with E-state index in [-0.39, 0.29) is 0 Å². The van der Waals surface area contributed by atoms with Crippen molar-refractivity contribution in [3.63, 3.8) is 0 Å². The zero-order valence-electron chi connectivity index (χ0n) is 8.34. The molecule has 2 aliphatic heterocycles. The highest BCUT2D eigenvalue weighted by Gasteiger charge is 2.28. The molecule has 17 heavy (non-hydrogen) atoms. The normalized spacial score (nSPS) is 17.4. The van der Waals surface area contributed by atoms with Crippen molar-refractivity contribution >= 4 is 47.0 Å². The van der Waals surface area contributed by atoms with Crippen molar-refractivity contribution in [1.82, 2.24) is 15.0 Å². The molecule has 84 valence electrons. The summed E-state index contributed by atoms with van der Waals surface area (Å²) in [6.07, 6.45) is 7.60. The van der Waals surface area contributed by atoms with E-state index in [4.69, 9.17) is 0 Å². The Morgan fingerprint density at radius 1 is 0.765 bits per heavy atom. The Bertz CT molecular complexity index is 584. The lowest BCUT2D eigenvalue weighted by atomic mass is 10.7. The van der Waals surface area contributed by atoms with Crippen molar-refractivity contribution in [3.05, 3.63) is 33.3 Å². The number of nitrogens with one attached hydrogen (secondary N) is 1. The van der Waals surface area contributed by atoms with E-state index in [1.165, 1.54) is 18.3 Å². The molecule has 0 atom stereocenters. The molecule has 0 saturated heterocycles. The minimum atomic E-state index is 1.03. The quantitative estimate of drug-likeness (QED) is 0.791. The summed E-state index contributed by atoms with van der Waals surface area (Å²) >= 11 is 7.10. The smallest absolute Gasteiger partial charge is 0.134 e. The Kier molecular flexibility index (Phi) is 2.46. The predicted molar refractivity (Wildman–Crippen MR) is 73.3 cm³/mol. The van der Waals surface area contributed by atoms with Crippen LogP contribution < -0.4 is 0 Å². The highest BCUT2D eigenvalue weighted by molar-refractivity contribution is 8.30. The van der Waals surface area contributed by atoms with Gasteiger partial charge in [-0.1, -0.05) is 47.0 Å². The van der Waals surface area contributed by atoms with Gasteiger partial charge in [-0.2, -0.15) is 0 Å². The van der Waals surface area contributed by atoms with Gasteiger partial charge in [-0.05, 0) is 0 Å². The molecule has 0 amide bonds. The van der Waals surface area contributed by atoms with E-state index in [2.05, 4.69) is 27.3 Å². The van der Waals surface area contributed by atoms with E-state index < -0.39 is 0 Å². The van der Waals surface area contributed by atoms with Crippen molar-refractivity contribution < 1.29 is 0 Å². The highest BCUT2D eigenvalue weighted by atomic mass is 32.2. The minimum Gasteiger partial charge on any atom is -0.366 e. The maximum Gasteiger partial charge on any atom is 0.134 e. The fraction of sp³-hybridized carbons (Fsp3) is 0. The molecule has 4 heterocycles. The molecule has 0 spiro atoms. The minimum absolute atomic E-state index is 1.03. The van der Waals surface area contributed by atoms with Crippen LogP contribution in [0.5, 0.6) is 0 Å². The van der Waals surface area contributed by atoms with Crippen LogP contribution in [0.15, 0.2) is 53.1 Å².